The van der Waals surface area contributed by atoms with E-state index in [4.69, 9.17) is 0 Å². The summed E-state index contributed by atoms with van der Waals surface area (Å²) in [5.41, 5.74) is 2.73. The Morgan fingerprint density at radius 1 is 0.857 bits per heavy atom. The van der Waals surface area contributed by atoms with Crippen LogP contribution in [0, 0.1) is 18.2 Å². The monoisotopic (exact) mass is 260 g/mol. The van der Waals surface area contributed by atoms with Gasteiger partial charge in [-0.25, -0.2) is 0 Å². The molecule has 0 saturated heterocycles. The molecule has 14 heavy (non-hydrogen) atoms. The van der Waals surface area contributed by atoms with Crippen LogP contribution in [-0.2, 0) is 0 Å². The van der Waals surface area contributed by atoms with Crippen molar-refractivity contribution in [2.45, 2.75) is 53.6 Å². The van der Waals surface area contributed by atoms with Gasteiger partial charge in [0.1, 0.15) is 0 Å². The summed E-state index contributed by atoms with van der Waals surface area (Å²) in [4.78, 5) is 0. The van der Waals surface area contributed by atoms with Crippen molar-refractivity contribution in [3.8, 4) is 0 Å². The molecular weight excluding hydrogens is 239 g/mol. The second-order valence-corrected chi connectivity index (χ2v) is 5.15. The van der Waals surface area contributed by atoms with Gasteiger partial charge in [0.05, 0.1) is 0 Å². The molecule has 0 saturated carbocycles. The van der Waals surface area contributed by atoms with Gasteiger partial charge < -0.3 is 0 Å². The average Bonchev–Trinajstić information content (AvgIpc) is 2.23. The Morgan fingerprint density at radius 3 is 1.29 bits per heavy atom. The molecule has 0 aliphatic carbocycles. The first kappa shape index (κ1) is 11.8. The number of hydrogen-bond acceptors (Lipinski definition) is 0. The standard InChI is InChI=1S/C11H20N2Se/c1-7(2)12-9(5)10(6)13(8(3)4)11(12)14/h7-8H,1-6H3. The van der Waals surface area contributed by atoms with E-state index in [0.29, 0.717) is 12.1 Å². The molecule has 1 aromatic heterocycles. The van der Waals surface area contributed by atoms with Crippen LogP contribution in [-0.4, -0.2) is 24.7 Å². The molecule has 0 aliphatic rings. The van der Waals surface area contributed by atoms with Crippen LogP contribution in [0.15, 0.2) is 0 Å². The zero-order valence-electron chi connectivity index (χ0n) is 9.96. The fourth-order valence-electron chi connectivity index (χ4n) is 1.97. The third kappa shape index (κ3) is 1.76. The summed E-state index contributed by atoms with van der Waals surface area (Å²) in [5, 5.41) is 0. The molecule has 1 rings (SSSR count). The molecule has 0 bridgehead atoms. The predicted molar refractivity (Wildman–Crippen MR) is 61.7 cm³/mol. The van der Waals surface area contributed by atoms with Crippen molar-refractivity contribution < 1.29 is 0 Å². The van der Waals surface area contributed by atoms with E-state index in [1.54, 1.807) is 0 Å². The van der Waals surface area contributed by atoms with Crippen LogP contribution in [0.25, 0.3) is 0 Å². The fraction of sp³-hybridized carbons (Fsp3) is 0.727. The molecule has 0 radical (unpaired) electrons. The molecule has 3 heteroatoms. The Kier molecular flexibility index (Phi) is 3.44. The summed E-state index contributed by atoms with van der Waals surface area (Å²) in [6, 6.07) is 1.04. The van der Waals surface area contributed by atoms with Gasteiger partial charge in [0.2, 0.25) is 0 Å². The Labute approximate surface area is 94.3 Å². The Hall–Kier alpha value is -0.271. The summed E-state index contributed by atoms with van der Waals surface area (Å²) < 4.78 is 5.95. The number of imidazole rings is 1. The summed E-state index contributed by atoms with van der Waals surface area (Å²) in [5.74, 6) is 0. The van der Waals surface area contributed by atoms with E-state index in [9.17, 15) is 0 Å². The maximum atomic E-state index is 3.19. The van der Waals surface area contributed by atoms with Crippen LogP contribution in [0.3, 0.4) is 0 Å². The SMILES string of the molecule is Cc1c(C)n(C(C)C)c(=[Se])n1C(C)C. The van der Waals surface area contributed by atoms with Crippen LogP contribution in [0.1, 0.15) is 51.2 Å². The second kappa shape index (κ2) is 4.08. The molecule has 80 valence electrons. The second-order valence-electron chi connectivity index (χ2n) is 4.38. The third-order valence-corrected chi connectivity index (χ3v) is 3.52. The van der Waals surface area contributed by atoms with E-state index in [1.165, 1.54) is 15.7 Å². The van der Waals surface area contributed by atoms with Crippen LogP contribution < -0.4 is 0 Å². The van der Waals surface area contributed by atoms with Crippen LogP contribution in [0.2, 0.25) is 0 Å². The zero-order valence-corrected chi connectivity index (χ0v) is 11.7. The van der Waals surface area contributed by atoms with Gasteiger partial charge >= 0.3 is 94.0 Å². The molecule has 0 unspecified atom stereocenters. The Morgan fingerprint density at radius 2 is 1.14 bits per heavy atom. The maximum absolute atomic E-state index is 3.19. The first-order valence-electron chi connectivity index (χ1n) is 5.17. The van der Waals surface area contributed by atoms with E-state index in [0.717, 1.165) is 0 Å². The van der Waals surface area contributed by atoms with E-state index in [2.05, 4.69) is 66.3 Å². The normalized spacial score (nSPS) is 11.7. The molecule has 0 spiro atoms. The first-order valence-corrected chi connectivity index (χ1v) is 6.03. The summed E-state index contributed by atoms with van der Waals surface area (Å²) in [6.07, 6.45) is 0. The Bertz CT molecular complexity index is 348. The van der Waals surface area contributed by atoms with Gasteiger partial charge in [-0.1, -0.05) is 0 Å². The zero-order chi connectivity index (χ0) is 11.0. The van der Waals surface area contributed by atoms with Gasteiger partial charge in [0.25, 0.3) is 0 Å². The van der Waals surface area contributed by atoms with Crippen LogP contribution >= 0.6 is 0 Å². The molecule has 0 atom stereocenters. The number of nitrogens with zero attached hydrogens (tertiary/aromatic N) is 2. The molecule has 0 fully saturated rings. The fourth-order valence-corrected chi connectivity index (χ4v) is 3.43. The molecule has 0 aromatic carbocycles. The van der Waals surface area contributed by atoms with E-state index >= 15 is 0 Å². The van der Waals surface area contributed by atoms with Crippen molar-refractivity contribution in [1.29, 1.82) is 0 Å². The van der Waals surface area contributed by atoms with Gasteiger partial charge in [-0.3, -0.25) is 0 Å². The minimum absolute atomic E-state index is 0.518. The van der Waals surface area contributed by atoms with E-state index in [1.807, 2.05) is 0 Å². The molecule has 1 aromatic rings. The predicted octanol–water partition coefficient (Wildman–Crippen LogP) is 2.77. The number of rotatable bonds is 2. The van der Waals surface area contributed by atoms with Crippen molar-refractivity contribution in [1.82, 2.24) is 9.13 Å². The summed E-state index contributed by atoms with van der Waals surface area (Å²) >= 11 is 3.19. The summed E-state index contributed by atoms with van der Waals surface area (Å²) in [7, 11) is 0. The quantitative estimate of drug-likeness (QED) is 0.723. The number of aromatic nitrogens is 2. The first-order chi connectivity index (χ1) is 6.37. The van der Waals surface area contributed by atoms with Gasteiger partial charge in [0.15, 0.2) is 0 Å². The van der Waals surface area contributed by atoms with Crippen molar-refractivity contribution >= 4 is 15.6 Å². The molecule has 0 N–H and O–H groups in total. The van der Waals surface area contributed by atoms with Crippen LogP contribution in [0.5, 0.6) is 0 Å². The third-order valence-electron chi connectivity index (χ3n) is 2.69. The average molecular weight is 259 g/mol. The van der Waals surface area contributed by atoms with Crippen molar-refractivity contribution in [2.24, 2.45) is 0 Å². The van der Waals surface area contributed by atoms with Gasteiger partial charge in [0, 0.05) is 0 Å². The van der Waals surface area contributed by atoms with Gasteiger partial charge in [-0.05, 0) is 0 Å². The topological polar surface area (TPSA) is 9.86 Å². The van der Waals surface area contributed by atoms with Crippen LogP contribution in [0.4, 0.5) is 0 Å². The van der Waals surface area contributed by atoms with Crippen molar-refractivity contribution in [2.75, 3.05) is 0 Å². The van der Waals surface area contributed by atoms with E-state index in [-0.39, 0.29) is 0 Å². The van der Waals surface area contributed by atoms with E-state index < -0.39 is 0 Å². The van der Waals surface area contributed by atoms with Crippen molar-refractivity contribution in [3.05, 3.63) is 15.7 Å². The minimum atomic E-state index is 0.518. The molecule has 2 nitrogen and oxygen atoms in total. The van der Waals surface area contributed by atoms with Gasteiger partial charge in [-0.15, -0.1) is 0 Å². The molecule has 0 aliphatic heterocycles. The van der Waals surface area contributed by atoms with Crippen molar-refractivity contribution in [3.63, 3.8) is 0 Å². The van der Waals surface area contributed by atoms with Gasteiger partial charge in [-0.2, -0.15) is 0 Å². The molecule has 0 amide bonds. The molecular formula is C11H20N2Se. The molecule has 1 heterocycles. The summed E-state index contributed by atoms with van der Waals surface area (Å²) in [6.45, 7) is 13.3. The number of hydrogen-bond donors (Lipinski definition) is 0. The Balaban J connectivity index is 3.50.